The summed E-state index contributed by atoms with van der Waals surface area (Å²) in [7, 11) is 0.271. The van der Waals surface area contributed by atoms with E-state index in [4.69, 9.17) is 32.5 Å². The van der Waals surface area contributed by atoms with E-state index < -0.39 is 52.4 Å². The van der Waals surface area contributed by atoms with Gasteiger partial charge < -0.3 is 32.5 Å². The minimum absolute atomic E-state index is 0.0133. The predicted molar refractivity (Wildman–Crippen MR) is 188 cm³/mol. The Kier molecular flexibility index (Phi) is 12.5. The minimum atomic E-state index is -2.40. The number of rotatable bonds is 14. The number of hydrogen-bond donors (Lipinski definition) is 1. The summed E-state index contributed by atoms with van der Waals surface area (Å²) in [5, 5.41) is -0.134. The summed E-state index contributed by atoms with van der Waals surface area (Å²) in [6.45, 7) is 22.0. The number of aromatic amines is 1. The lowest BCUT2D eigenvalue weighted by atomic mass is 10.1. The van der Waals surface area contributed by atoms with Crippen LogP contribution < -0.4 is 25.5 Å². The van der Waals surface area contributed by atoms with Crippen LogP contribution in [0.3, 0.4) is 0 Å². The highest BCUT2D eigenvalue weighted by Crippen LogP contribution is 2.44. The number of benzene rings is 1. The van der Waals surface area contributed by atoms with Crippen LogP contribution in [-0.2, 0) is 24.1 Å². The van der Waals surface area contributed by atoms with Crippen molar-refractivity contribution in [1.82, 2.24) is 9.55 Å². The Morgan fingerprint density at radius 1 is 0.891 bits per heavy atom. The van der Waals surface area contributed by atoms with Gasteiger partial charge >= 0.3 is 5.69 Å². The molecule has 2 heterocycles. The molecule has 0 aliphatic carbocycles. The molecule has 1 aliphatic heterocycles. The van der Waals surface area contributed by atoms with Gasteiger partial charge in [-0.25, -0.2) is 4.79 Å². The van der Waals surface area contributed by atoms with Crippen molar-refractivity contribution in [3.8, 4) is 17.2 Å². The summed E-state index contributed by atoms with van der Waals surface area (Å²) >= 11 is 1.55. The SMILES string of the molecule is COc1cc(OC)c(CSCO[C@H]2[C@@H](O[Si](C)(C)C(C)(C)C)[C@H](n3ccc(=O)[nH]c3=O)O[C@@H]2CO[Si](C)(C)C(C)(C)C)c(OC)c1. The molecule has 3 rings (SSSR count). The molecule has 2 aromatic rings. The summed E-state index contributed by atoms with van der Waals surface area (Å²) in [6.07, 6.45) is -1.10. The Morgan fingerprint density at radius 3 is 1.98 bits per heavy atom. The molecule has 0 bridgehead atoms. The molecule has 0 spiro atoms. The van der Waals surface area contributed by atoms with Crippen LogP contribution in [0.2, 0.25) is 36.3 Å². The van der Waals surface area contributed by atoms with Crippen LogP contribution in [0, 0.1) is 0 Å². The third kappa shape index (κ3) is 8.88. The summed E-state index contributed by atoms with van der Waals surface area (Å²) in [6, 6.07) is 4.97. The summed E-state index contributed by atoms with van der Waals surface area (Å²) in [4.78, 5) is 27.4. The Morgan fingerprint density at radius 2 is 1.48 bits per heavy atom. The molecule has 1 aromatic carbocycles. The zero-order valence-corrected chi connectivity index (χ0v) is 32.6. The van der Waals surface area contributed by atoms with Crippen LogP contribution in [0.15, 0.2) is 34.0 Å². The Balaban J connectivity index is 1.97. The molecule has 0 unspecified atom stereocenters. The van der Waals surface area contributed by atoms with Crippen LogP contribution in [-0.4, -0.2) is 78.4 Å². The van der Waals surface area contributed by atoms with Crippen molar-refractivity contribution < 1.29 is 32.5 Å². The molecule has 0 radical (unpaired) electrons. The quantitative estimate of drug-likeness (QED) is 0.140. The van der Waals surface area contributed by atoms with Crippen LogP contribution in [0.4, 0.5) is 0 Å². The molecule has 4 atom stereocenters. The first-order chi connectivity index (χ1) is 21.3. The van der Waals surface area contributed by atoms with E-state index in [1.165, 1.54) is 16.8 Å². The Bertz CT molecular complexity index is 1410. The van der Waals surface area contributed by atoms with Gasteiger partial charge in [-0.3, -0.25) is 14.3 Å². The molecular weight excluding hydrogens is 645 g/mol. The van der Waals surface area contributed by atoms with Gasteiger partial charge in [0.05, 0.1) is 33.9 Å². The highest BCUT2D eigenvalue weighted by Gasteiger charge is 2.52. The molecule has 0 saturated carbocycles. The zero-order chi connectivity index (χ0) is 34.7. The normalized spacial score (nSPS) is 21.0. The number of nitrogens with one attached hydrogen (secondary N) is 1. The van der Waals surface area contributed by atoms with Crippen molar-refractivity contribution in [2.45, 2.75) is 108 Å². The van der Waals surface area contributed by atoms with Crippen molar-refractivity contribution in [2.24, 2.45) is 0 Å². The van der Waals surface area contributed by atoms with Crippen LogP contribution in [0.25, 0.3) is 0 Å². The van der Waals surface area contributed by atoms with E-state index in [1.54, 1.807) is 33.1 Å². The zero-order valence-electron chi connectivity index (χ0n) is 29.8. The minimum Gasteiger partial charge on any atom is -0.496 e. The number of aromatic nitrogens is 2. The van der Waals surface area contributed by atoms with Crippen molar-refractivity contribution in [3.05, 3.63) is 50.8 Å². The largest absolute Gasteiger partial charge is 0.496 e. The highest BCUT2D eigenvalue weighted by atomic mass is 32.2. The van der Waals surface area contributed by atoms with Gasteiger partial charge in [0.1, 0.15) is 35.6 Å². The fourth-order valence-corrected chi connectivity index (χ4v) is 7.66. The topological polar surface area (TPSA) is 119 Å². The number of thioether (sulfide) groups is 1. The second-order valence-corrected chi connectivity index (χ2v) is 25.1. The second-order valence-electron chi connectivity index (χ2n) is 14.6. The molecule has 1 fully saturated rings. The molecule has 1 saturated heterocycles. The molecule has 1 aliphatic rings. The van der Waals surface area contributed by atoms with Crippen molar-refractivity contribution in [1.29, 1.82) is 0 Å². The Labute approximate surface area is 279 Å². The molecule has 46 heavy (non-hydrogen) atoms. The summed E-state index contributed by atoms with van der Waals surface area (Å²) < 4.78 is 45.0. The lowest BCUT2D eigenvalue weighted by Crippen LogP contribution is -2.51. The maximum Gasteiger partial charge on any atom is 0.330 e. The highest BCUT2D eigenvalue weighted by molar-refractivity contribution is 7.98. The average Bonchev–Trinajstić information content (AvgIpc) is 3.28. The van der Waals surface area contributed by atoms with E-state index in [0.717, 1.165) is 5.56 Å². The lowest BCUT2D eigenvalue weighted by Gasteiger charge is -2.41. The van der Waals surface area contributed by atoms with Crippen molar-refractivity contribution in [2.75, 3.05) is 33.9 Å². The first kappa shape index (κ1) is 38.4. The van der Waals surface area contributed by atoms with E-state index in [1.807, 2.05) is 12.1 Å². The maximum atomic E-state index is 13.1. The van der Waals surface area contributed by atoms with E-state index in [2.05, 4.69) is 72.7 Å². The lowest BCUT2D eigenvalue weighted by molar-refractivity contribution is -0.0548. The standard InChI is InChI=1S/C32H54N2O9SSi2/c1-31(2,3)45(10,11)41-18-25-27(40-20-44-19-22-23(38-8)16-21(37-7)17-24(22)39-9)28(43-46(12,13)32(4,5)6)29(42-25)34-15-14-26(35)33-30(34)36/h14-17,25,27-29H,18-20H2,1-13H3,(H,33,35,36)/t25-,27-,28-,29-/m1/s1. The van der Waals surface area contributed by atoms with E-state index in [-0.39, 0.29) is 16.7 Å². The van der Waals surface area contributed by atoms with Crippen LogP contribution >= 0.6 is 11.8 Å². The van der Waals surface area contributed by atoms with E-state index in [9.17, 15) is 9.59 Å². The van der Waals surface area contributed by atoms with Crippen LogP contribution in [0.1, 0.15) is 53.3 Å². The third-order valence-electron chi connectivity index (χ3n) is 9.47. The summed E-state index contributed by atoms with van der Waals surface area (Å²) in [5.74, 6) is 2.80. The van der Waals surface area contributed by atoms with E-state index in [0.29, 0.717) is 28.9 Å². The number of nitrogens with zero attached hydrogens (tertiary/aromatic N) is 1. The van der Waals surface area contributed by atoms with Gasteiger partial charge in [0.25, 0.3) is 5.56 Å². The smallest absolute Gasteiger partial charge is 0.330 e. The molecular formula is C32H54N2O9SSi2. The van der Waals surface area contributed by atoms with Gasteiger partial charge in [-0.1, -0.05) is 41.5 Å². The molecule has 260 valence electrons. The van der Waals surface area contributed by atoms with Crippen LogP contribution in [0.5, 0.6) is 17.2 Å². The number of hydrogen-bond acceptors (Lipinski definition) is 10. The van der Waals surface area contributed by atoms with Gasteiger partial charge in [0.15, 0.2) is 22.9 Å². The molecule has 1 aromatic heterocycles. The molecule has 14 heteroatoms. The average molecular weight is 699 g/mol. The van der Waals surface area contributed by atoms with Gasteiger partial charge in [0.2, 0.25) is 0 Å². The van der Waals surface area contributed by atoms with Crippen molar-refractivity contribution in [3.63, 3.8) is 0 Å². The first-order valence-electron chi connectivity index (χ1n) is 15.5. The first-order valence-corrected chi connectivity index (χ1v) is 22.5. The number of H-pyrrole nitrogens is 1. The maximum absolute atomic E-state index is 13.1. The fraction of sp³-hybridized carbons (Fsp3) is 0.688. The summed E-state index contributed by atoms with van der Waals surface area (Å²) in [5.41, 5.74) is -0.168. The predicted octanol–water partition coefficient (Wildman–Crippen LogP) is 6.15. The van der Waals surface area contributed by atoms with Crippen molar-refractivity contribution >= 4 is 28.4 Å². The fourth-order valence-electron chi connectivity index (χ4n) is 4.54. The second kappa shape index (κ2) is 15.0. The van der Waals surface area contributed by atoms with E-state index >= 15 is 0 Å². The Hall–Kier alpha value is -2.08. The molecule has 1 N–H and O–H groups in total. The van der Waals surface area contributed by atoms with Gasteiger partial charge in [-0.15, -0.1) is 11.8 Å². The monoisotopic (exact) mass is 698 g/mol. The molecule has 0 amide bonds. The van der Waals surface area contributed by atoms with Gasteiger partial charge in [-0.05, 0) is 36.3 Å². The third-order valence-corrected chi connectivity index (χ3v) is 19.2. The molecule has 11 nitrogen and oxygen atoms in total. The van der Waals surface area contributed by atoms with Gasteiger partial charge in [0, 0.05) is 35.7 Å². The number of ether oxygens (including phenoxy) is 5. The number of methoxy groups -OCH3 is 3. The van der Waals surface area contributed by atoms with Gasteiger partial charge in [-0.2, -0.15) is 0 Å².